The summed E-state index contributed by atoms with van der Waals surface area (Å²) in [6, 6.07) is -1.15. The number of amides is 1. The highest BCUT2D eigenvalue weighted by molar-refractivity contribution is 6.17. The van der Waals surface area contributed by atoms with Gasteiger partial charge in [0.2, 0.25) is 0 Å². The largest absolute Gasteiger partial charge is 0.448 e. The van der Waals surface area contributed by atoms with E-state index in [4.69, 9.17) is 25.8 Å². The topological polar surface area (TPSA) is 65.1 Å². The van der Waals surface area contributed by atoms with Crippen LogP contribution in [0.3, 0.4) is 0 Å². The second-order valence-corrected chi connectivity index (χ2v) is 6.36. The lowest BCUT2D eigenvalue weighted by molar-refractivity contribution is -0.148. The minimum absolute atomic E-state index is 0.273. The molecule has 0 aromatic carbocycles. The van der Waals surface area contributed by atoms with Crippen LogP contribution in [0, 0.1) is 0 Å². The average molecular weight is 308 g/mol. The van der Waals surface area contributed by atoms with Gasteiger partial charge >= 0.3 is 12.1 Å². The van der Waals surface area contributed by atoms with E-state index in [2.05, 4.69) is 0 Å². The number of ether oxygens (including phenoxy) is 3. The second kappa shape index (κ2) is 5.77. The molecule has 1 rings (SSSR count). The summed E-state index contributed by atoms with van der Waals surface area (Å²) in [6.07, 6.45) is -1.13. The van der Waals surface area contributed by atoms with Crippen molar-refractivity contribution in [2.75, 3.05) is 6.07 Å². The normalized spacial score (nSPS) is 25.4. The third kappa shape index (κ3) is 3.76. The molecule has 0 aromatic rings. The van der Waals surface area contributed by atoms with Crippen molar-refractivity contribution in [3.8, 4) is 0 Å². The Hall–Kier alpha value is -1.01. The molecule has 0 bridgehead atoms. The van der Waals surface area contributed by atoms with Crippen LogP contribution in [0.2, 0.25) is 0 Å². The van der Waals surface area contributed by atoms with Gasteiger partial charge in [0.15, 0.2) is 12.1 Å². The fraction of sp³-hybridized carbons (Fsp3) is 0.846. The lowest BCUT2D eigenvalue weighted by Crippen LogP contribution is -2.53. The van der Waals surface area contributed by atoms with Crippen LogP contribution in [-0.2, 0) is 19.0 Å². The van der Waals surface area contributed by atoms with Crippen LogP contribution in [0.1, 0.15) is 41.5 Å². The highest BCUT2D eigenvalue weighted by atomic mass is 35.5. The quantitative estimate of drug-likeness (QED) is 0.579. The number of hydrogen-bond acceptors (Lipinski definition) is 5. The Morgan fingerprint density at radius 2 is 1.90 bits per heavy atom. The number of carbonyl (C=O) groups is 2. The predicted molar refractivity (Wildman–Crippen MR) is 73.3 cm³/mol. The molecule has 0 aromatic heterocycles. The van der Waals surface area contributed by atoms with Gasteiger partial charge in [-0.25, -0.2) is 9.59 Å². The van der Waals surface area contributed by atoms with Crippen molar-refractivity contribution in [3.63, 3.8) is 0 Å². The molecule has 1 aliphatic rings. The maximum Gasteiger partial charge on any atom is 0.413 e. The van der Waals surface area contributed by atoms with Crippen molar-refractivity contribution in [2.24, 2.45) is 0 Å². The van der Waals surface area contributed by atoms with Crippen LogP contribution in [0.15, 0.2) is 0 Å². The van der Waals surface area contributed by atoms with E-state index in [1.807, 2.05) is 0 Å². The molecule has 0 N–H and O–H groups in total. The molecule has 7 heteroatoms. The Balaban J connectivity index is 3.02. The Bertz CT molecular complexity index is 391. The van der Waals surface area contributed by atoms with Gasteiger partial charge in [0, 0.05) is 0 Å². The van der Waals surface area contributed by atoms with Gasteiger partial charge in [0.25, 0.3) is 0 Å². The van der Waals surface area contributed by atoms with Crippen molar-refractivity contribution in [3.05, 3.63) is 0 Å². The fourth-order valence-electron chi connectivity index (χ4n) is 2.20. The number of hydrogen-bond donors (Lipinski definition) is 0. The highest BCUT2D eigenvalue weighted by Gasteiger charge is 2.53. The number of esters is 1. The summed E-state index contributed by atoms with van der Waals surface area (Å²) >= 11 is 5.41. The predicted octanol–water partition coefficient (Wildman–Crippen LogP) is 2.49. The Morgan fingerprint density at radius 1 is 1.35 bits per heavy atom. The van der Waals surface area contributed by atoms with Gasteiger partial charge in [-0.2, -0.15) is 0 Å². The molecule has 1 amide bonds. The molecule has 1 fully saturated rings. The molecule has 0 aliphatic carbocycles. The first-order valence-corrected chi connectivity index (χ1v) is 6.96. The van der Waals surface area contributed by atoms with Crippen LogP contribution in [-0.4, -0.2) is 46.5 Å². The van der Waals surface area contributed by atoms with Crippen molar-refractivity contribution in [1.29, 1.82) is 0 Å². The molecule has 116 valence electrons. The van der Waals surface area contributed by atoms with Gasteiger partial charge in [-0.15, -0.1) is 0 Å². The molecular formula is C13H22ClNO5. The van der Waals surface area contributed by atoms with Gasteiger partial charge in [-0.1, -0.05) is 11.6 Å². The van der Waals surface area contributed by atoms with Crippen molar-refractivity contribution >= 4 is 23.7 Å². The molecule has 0 saturated carbocycles. The molecule has 2 unspecified atom stereocenters. The number of nitrogens with zero attached hydrogens (tertiary/aromatic N) is 1. The third-order valence-corrected chi connectivity index (χ3v) is 2.91. The number of rotatable bonds is 2. The van der Waals surface area contributed by atoms with Crippen LogP contribution >= 0.6 is 11.6 Å². The molecule has 6 nitrogen and oxygen atoms in total. The molecule has 1 saturated heterocycles. The van der Waals surface area contributed by atoms with Crippen molar-refractivity contribution in [2.45, 2.75) is 65.0 Å². The summed E-state index contributed by atoms with van der Waals surface area (Å²) in [7, 11) is 0. The van der Waals surface area contributed by atoms with Gasteiger partial charge in [-0.3, -0.25) is 4.90 Å². The van der Waals surface area contributed by atoms with Crippen molar-refractivity contribution in [1.82, 2.24) is 4.90 Å². The summed E-state index contributed by atoms with van der Waals surface area (Å²) < 4.78 is 15.8. The summed E-state index contributed by atoms with van der Waals surface area (Å²) in [5.41, 5.74) is -1.63. The van der Waals surface area contributed by atoms with Crippen LogP contribution in [0.5, 0.6) is 0 Å². The summed E-state index contributed by atoms with van der Waals surface area (Å²) in [6.45, 7) is 10.4. The first-order chi connectivity index (χ1) is 8.99. The standard InChI is InChI=1S/C13H22ClNO5/c1-8-9(10(16)18-7-14)15(13(5,6)19-8)11(17)20-12(2,3)4/h8-9H,7H2,1-6H3. The van der Waals surface area contributed by atoms with Crippen molar-refractivity contribution < 1.29 is 23.8 Å². The molecule has 0 spiro atoms. The van der Waals surface area contributed by atoms with Gasteiger partial charge in [0.1, 0.15) is 11.3 Å². The lowest BCUT2D eigenvalue weighted by Gasteiger charge is -2.34. The molecule has 0 radical (unpaired) electrons. The minimum Gasteiger partial charge on any atom is -0.448 e. The number of halogens is 1. The zero-order chi connectivity index (χ0) is 15.7. The maximum absolute atomic E-state index is 12.3. The Morgan fingerprint density at radius 3 is 2.35 bits per heavy atom. The monoisotopic (exact) mass is 307 g/mol. The van der Waals surface area contributed by atoms with Crippen LogP contribution in [0.25, 0.3) is 0 Å². The van der Waals surface area contributed by atoms with Crippen LogP contribution < -0.4 is 0 Å². The average Bonchev–Trinajstić information content (AvgIpc) is 2.45. The highest BCUT2D eigenvalue weighted by Crippen LogP contribution is 2.34. The van der Waals surface area contributed by atoms with Gasteiger partial charge < -0.3 is 14.2 Å². The molecular weight excluding hydrogens is 286 g/mol. The summed E-state index contributed by atoms with van der Waals surface area (Å²) in [5, 5.41) is 0. The minimum atomic E-state index is -0.961. The van der Waals surface area contributed by atoms with E-state index < -0.39 is 35.5 Å². The first kappa shape index (κ1) is 17.0. The van der Waals surface area contributed by atoms with E-state index in [1.54, 1.807) is 41.5 Å². The second-order valence-electron chi connectivity index (χ2n) is 6.14. The zero-order valence-corrected chi connectivity index (χ0v) is 13.5. The smallest absolute Gasteiger partial charge is 0.413 e. The van der Waals surface area contributed by atoms with E-state index in [9.17, 15) is 9.59 Å². The maximum atomic E-state index is 12.3. The Labute approximate surface area is 124 Å². The molecule has 2 atom stereocenters. The molecule has 1 heterocycles. The fourth-order valence-corrected chi connectivity index (χ4v) is 2.31. The van der Waals surface area contributed by atoms with E-state index in [-0.39, 0.29) is 6.07 Å². The molecule has 20 heavy (non-hydrogen) atoms. The summed E-state index contributed by atoms with van der Waals surface area (Å²) in [5.74, 6) is -0.607. The third-order valence-electron chi connectivity index (χ3n) is 2.81. The van der Waals surface area contributed by atoms with Gasteiger partial charge in [0.05, 0.1) is 6.10 Å². The Kier molecular flexibility index (Phi) is 4.92. The SMILES string of the molecule is CC1OC(C)(C)N(C(=O)OC(C)(C)C)C1C(=O)OCCl. The molecule has 1 aliphatic heterocycles. The zero-order valence-electron chi connectivity index (χ0n) is 12.7. The summed E-state index contributed by atoms with van der Waals surface area (Å²) in [4.78, 5) is 25.6. The first-order valence-electron chi connectivity index (χ1n) is 6.42. The van der Waals surface area contributed by atoms with E-state index in [1.165, 1.54) is 4.90 Å². The lowest BCUT2D eigenvalue weighted by atomic mass is 10.1. The number of carbonyl (C=O) groups excluding carboxylic acids is 2. The number of alkyl halides is 1. The van der Waals surface area contributed by atoms with E-state index in [0.717, 1.165) is 0 Å². The van der Waals surface area contributed by atoms with Crippen LogP contribution in [0.4, 0.5) is 4.79 Å². The van der Waals surface area contributed by atoms with E-state index in [0.29, 0.717) is 0 Å². The van der Waals surface area contributed by atoms with Gasteiger partial charge in [-0.05, 0) is 41.5 Å². The van der Waals surface area contributed by atoms with E-state index >= 15 is 0 Å².